The van der Waals surface area contributed by atoms with E-state index >= 15 is 0 Å². The number of nitrogens with zero attached hydrogens (tertiary/aromatic N) is 1. The van der Waals surface area contributed by atoms with Crippen molar-refractivity contribution < 1.29 is 13.2 Å². The van der Waals surface area contributed by atoms with Gasteiger partial charge in [-0.05, 0) is 13.8 Å². The molecular weight excluding hydrogens is 252 g/mol. The minimum absolute atomic E-state index is 0. The lowest BCUT2D eigenvalue weighted by Crippen LogP contribution is -2.54. The Kier molecular flexibility index (Phi) is 5.72. The Labute approximate surface area is 103 Å². The molecule has 16 heavy (non-hydrogen) atoms. The van der Waals surface area contributed by atoms with Gasteiger partial charge in [-0.25, -0.2) is 8.42 Å². The number of hydrogen-bond donors (Lipinski definition) is 1. The number of halogens is 1. The van der Waals surface area contributed by atoms with E-state index in [4.69, 9.17) is 0 Å². The van der Waals surface area contributed by atoms with Crippen LogP contribution in [0.1, 0.15) is 13.8 Å². The first-order valence-corrected chi connectivity index (χ1v) is 6.99. The van der Waals surface area contributed by atoms with Gasteiger partial charge in [0.15, 0.2) is 9.84 Å². The lowest BCUT2D eigenvalue weighted by molar-refractivity contribution is -0.131. The van der Waals surface area contributed by atoms with Gasteiger partial charge in [-0.2, -0.15) is 0 Å². The Morgan fingerprint density at radius 2 is 2.06 bits per heavy atom. The van der Waals surface area contributed by atoms with Crippen LogP contribution < -0.4 is 5.32 Å². The highest BCUT2D eigenvalue weighted by atomic mass is 35.5. The smallest absolute Gasteiger partial charge is 0.240 e. The number of hydrogen-bond acceptors (Lipinski definition) is 4. The van der Waals surface area contributed by atoms with Gasteiger partial charge >= 0.3 is 0 Å². The number of amides is 1. The molecule has 1 rings (SSSR count). The molecule has 1 saturated heterocycles. The summed E-state index contributed by atoms with van der Waals surface area (Å²) in [4.78, 5) is 13.4. The molecule has 1 amide bonds. The highest BCUT2D eigenvalue weighted by Gasteiger charge is 2.30. The van der Waals surface area contributed by atoms with Crippen molar-refractivity contribution in [2.24, 2.45) is 0 Å². The van der Waals surface area contributed by atoms with E-state index < -0.39 is 15.1 Å². The first-order chi connectivity index (χ1) is 6.82. The molecule has 0 aromatic carbocycles. The molecule has 1 heterocycles. The summed E-state index contributed by atoms with van der Waals surface area (Å²) < 4.78 is 22.5. The van der Waals surface area contributed by atoms with Gasteiger partial charge in [-0.1, -0.05) is 0 Å². The second-order valence-electron chi connectivity index (χ2n) is 4.11. The Bertz CT molecular complexity index is 345. The third-order valence-electron chi connectivity index (χ3n) is 2.67. The molecule has 0 radical (unpaired) electrons. The van der Waals surface area contributed by atoms with Crippen molar-refractivity contribution in [3.63, 3.8) is 0 Å². The highest BCUT2D eigenvalue weighted by molar-refractivity contribution is 7.92. The van der Waals surface area contributed by atoms with E-state index in [2.05, 4.69) is 5.32 Å². The molecule has 7 heteroatoms. The number of carbonyl (C=O) groups excluding carboxylic acids is 1. The highest BCUT2D eigenvalue weighted by Crippen LogP contribution is 2.07. The van der Waals surface area contributed by atoms with E-state index in [-0.39, 0.29) is 24.4 Å². The Balaban J connectivity index is 0.00000225. The molecule has 1 fully saturated rings. The minimum Gasteiger partial charge on any atom is -0.339 e. The standard InChI is InChI=1S/C9H18N2O3S.ClH/c1-7-6-11(5-4-10-7)9(12)8(2)15(3,13)14;/h7-8,10H,4-6H2,1-3H3;1H/t7-,8?;/m1./s1. The summed E-state index contributed by atoms with van der Waals surface area (Å²) in [5, 5.41) is 2.27. The minimum atomic E-state index is -3.28. The first kappa shape index (κ1) is 15.7. The van der Waals surface area contributed by atoms with Crippen molar-refractivity contribution in [1.29, 1.82) is 0 Å². The maximum Gasteiger partial charge on any atom is 0.240 e. The summed E-state index contributed by atoms with van der Waals surface area (Å²) >= 11 is 0. The van der Waals surface area contributed by atoms with Crippen molar-refractivity contribution in [3.05, 3.63) is 0 Å². The van der Waals surface area contributed by atoms with E-state index in [9.17, 15) is 13.2 Å². The number of rotatable bonds is 2. The number of nitrogens with one attached hydrogen (secondary N) is 1. The van der Waals surface area contributed by atoms with Crippen LogP contribution in [-0.2, 0) is 14.6 Å². The monoisotopic (exact) mass is 270 g/mol. The van der Waals surface area contributed by atoms with Crippen molar-refractivity contribution in [2.75, 3.05) is 25.9 Å². The Morgan fingerprint density at radius 1 is 1.50 bits per heavy atom. The zero-order chi connectivity index (χ0) is 11.6. The zero-order valence-corrected chi connectivity index (χ0v) is 11.4. The van der Waals surface area contributed by atoms with Gasteiger partial charge in [0.2, 0.25) is 5.91 Å². The van der Waals surface area contributed by atoms with Gasteiger partial charge in [-0.15, -0.1) is 12.4 Å². The summed E-state index contributed by atoms with van der Waals surface area (Å²) in [6.45, 7) is 5.32. The van der Waals surface area contributed by atoms with Gasteiger partial charge in [0, 0.05) is 31.9 Å². The van der Waals surface area contributed by atoms with Gasteiger partial charge in [0.25, 0.3) is 0 Å². The van der Waals surface area contributed by atoms with E-state index in [1.807, 2.05) is 6.92 Å². The van der Waals surface area contributed by atoms with E-state index in [1.165, 1.54) is 6.92 Å². The van der Waals surface area contributed by atoms with Crippen LogP contribution in [0.5, 0.6) is 0 Å². The average Bonchev–Trinajstić information content (AvgIpc) is 2.14. The van der Waals surface area contributed by atoms with E-state index in [1.54, 1.807) is 4.90 Å². The molecule has 0 aliphatic carbocycles. The lowest BCUT2D eigenvalue weighted by Gasteiger charge is -2.33. The van der Waals surface area contributed by atoms with Crippen molar-refractivity contribution in [3.8, 4) is 0 Å². The lowest BCUT2D eigenvalue weighted by atomic mass is 10.2. The second-order valence-corrected chi connectivity index (χ2v) is 6.48. The van der Waals surface area contributed by atoms with Crippen LogP contribution >= 0.6 is 12.4 Å². The molecule has 1 unspecified atom stereocenters. The van der Waals surface area contributed by atoms with Gasteiger partial charge < -0.3 is 10.2 Å². The summed E-state index contributed by atoms with van der Waals surface area (Å²) in [5.41, 5.74) is 0. The number of piperazine rings is 1. The molecule has 0 spiro atoms. The van der Waals surface area contributed by atoms with Crippen molar-refractivity contribution in [1.82, 2.24) is 10.2 Å². The fourth-order valence-electron chi connectivity index (χ4n) is 1.57. The van der Waals surface area contributed by atoms with Crippen LogP contribution in [0.2, 0.25) is 0 Å². The number of sulfone groups is 1. The average molecular weight is 271 g/mol. The van der Waals surface area contributed by atoms with Crippen molar-refractivity contribution >= 4 is 28.2 Å². The zero-order valence-electron chi connectivity index (χ0n) is 9.76. The molecule has 0 bridgehead atoms. The quantitative estimate of drug-likeness (QED) is 0.746. The first-order valence-electron chi connectivity index (χ1n) is 5.03. The third kappa shape index (κ3) is 3.92. The summed E-state index contributed by atoms with van der Waals surface area (Å²) in [6, 6.07) is 0.231. The predicted octanol–water partition coefficient (Wildman–Crippen LogP) is -0.338. The van der Waals surface area contributed by atoms with Crippen LogP contribution in [0.3, 0.4) is 0 Å². The molecule has 1 aliphatic rings. The molecule has 96 valence electrons. The largest absolute Gasteiger partial charge is 0.339 e. The molecule has 1 N–H and O–H groups in total. The number of carbonyl (C=O) groups is 1. The third-order valence-corrected chi connectivity index (χ3v) is 4.16. The maximum atomic E-state index is 11.8. The van der Waals surface area contributed by atoms with Gasteiger partial charge in [0.05, 0.1) is 0 Å². The van der Waals surface area contributed by atoms with Crippen LogP contribution in [0.15, 0.2) is 0 Å². The van der Waals surface area contributed by atoms with Crippen LogP contribution in [0.4, 0.5) is 0 Å². The maximum absolute atomic E-state index is 11.8. The van der Waals surface area contributed by atoms with Gasteiger partial charge in [0.1, 0.15) is 5.25 Å². The molecule has 0 saturated carbocycles. The SMILES string of the molecule is CC(C(=O)N1CCN[C@H](C)C1)S(C)(=O)=O.Cl. The van der Waals surface area contributed by atoms with Crippen molar-refractivity contribution in [2.45, 2.75) is 25.1 Å². The van der Waals surface area contributed by atoms with E-state index in [0.717, 1.165) is 12.8 Å². The normalized spacial score (nSPS) is 23.4. The second kappa shape index (κ2) is 5.84. The van der Waals surface area contributed by atoms with Gasteiger partial charge in [-0.3, -0.25) is 4.79 Å². The van der Waals surface area contributed by atoms with Crippen LogP contribution in [0, 0.1) is 0 Å². The molecule has 5 nitrogen and oxygen atoms in total. The fraction of sp³-hybridized carbons (Fsp3) is 0.889. The molecule has 0 aromatic rings. The van der Waals surface area contributed by atoms with Crippen LogP contribution in [0.25, 0.3) is 0 Å². The molecule has 2 atom stereocenters. The van der Waals surface area contributed by atoms with E-state index in [0.29, 0.717) is 13.1 Å². The molecular formula is C9H19ClN2O3S. The van der Waals surface area contributed by atoms with Crippen LogP contribution in [-0.4, -0.2) is 56.4 Å². The molecule has 0 aromatic heterocycles. The summed E-state index contributed by atoms with van der Waals surface area (Å²) in [7, 11) is -3.28. The summed E-state index contributed by atoms with van der Waals surface area (Å²) in [6.07, 6.45) is 1.10. The fourth-order valence-corrected chi connectivity index (χ4v) is 2.09. The Morgan fingerprint density at radius 3 is 2.50 bits per heavy atom. The summed E-state index contributed by atoms with van der Waals surface area (Å²) in [5.74, 6) is -0.286. The predicted molar refractivity (Wildman–Crippen MR) is 65.6 cm³/mol. The Hall–Kier alpha value is -0.330. The molecule has 1 aliphatic heterocycles. The topological polar surface area (TPSA) is 66.5 Å².